The Morgan fingerprint density at radius 1 is 1.08 bits per heavy atom. The molecule has 0 fully saturated rings. The fourth-order valence-electron chi connectivity index (χ4n) is 2.10. The van der Waals surface area contributed by atoms with Crippen LogP contribution in [0.25, 0.3) is 0 Å². The molecule has 0 aliphatic carbocycles. The Kier molecular flexibility index (Phi) is 6.06. The lowest BCUT2D eigenvalue weighted by Gasteiger charge is -2.11. The molecule has 0 atom stereocenters. The standard InChI is InChI=1S/C17H17F3N2O2/c1-24-14-5-3-2-4-11(14)10-22-15(23)8-9-21-13-7-6-12(18)16(19)17(13)20/h2-7,21H,8-10H2,1H3,(H,22,23). The van der Waals surface area contributed by atoms with Gasteiger partial charge in [0.05, 0.1) is 12.8 Å². The van der Waals surface area contributed by atoms with Crippen LogP contribution >= 0.6 is 0 Å². The van der Waals surface area contributed by atoms with Crippen molar-refractivity contribution in [2.45, 2.75) is 13.0 Å². The highest BCUT2D eigenvalue weighted by Crippen LogP contribution is 2.19. The van der Waals surface area contributed by atoms with Crippen LogP contribution in [0.1, 0.15) is 12.0 Å². The molecular formula is C17H17F3N2O2. The van der Waals surface area contributed by atoms with Gasteiger partial charge in [0.2, 0.25) is 5.91 Å². The fraction of sp³-hybridized carbons (Fsp3) is 0.235. The van der Waals surface area contributed by atoms with Crippen molar-refractivity contribution in [3.05, 3.63) is 59.4 Å². The van der Waals surface area contributed by atoms with Gasteiger partial charge in [-0.1, -0.05) is 18.2 Å². The van der Waals surface area contributed by atoms with Crippen LogP contribution in [0.4, 0.5) is 18.9 Å². The van der Waals surface area contributed by atoms with E-state index in [4.69, 9.17) is 4.74 Å². The maximum Gasteiger partial charge on any atom is 0.222 e. The van der Waals surface area contributed by atoms with E-state index < -0.39 is 17.5 Å². The smallest absolute Gasteiger partial charge is 0.222 e. The highest BCUT2D eigenvalue weighted by molar-refractivity contribution is 5.76. The van der Waals surface area contributed by atoms with Crippen LogP contribution in [0.15, 0.2) is 36.4 Å². The normalized spacial score (nSPS) is 10.3. The summed E-state index contributed by atoms with van der Waals surface area (Å²) in [6, 6.07) is 9.17. The minimum Gasteiger partial charge on any atom is -0.496 e. The number of carbonyl (C=O) groups is 1. The van der Waals surface area contributed by atoms with Crippen LogP contribution in [0.2, 0.25) is 0 Å². The van der Waals surface area contributed by atoms with Crippen molar-refractivity contribution >= 4 is 11.6 Å². The number of anilines is 1. The van der Waals surface area contributed by atoms with Crippen LogP contribution in [0.3, 0.4) is 0 Å². The third-order valence-corrected chi connectivity index (χ3v) is 3.37. The summed E-state index contributed by atoms with van der Waals surface area (Å²) in [6.45, 7) is 0.377. The van der Waals surface area contributed by atoms with E-state index >= 15 is 0 Å². The Morgan fingerprint density at radius 3 is 2.58 bits per heavy atom. The number of carbonyl (C=O) groups excluding carboxylic acids is 1. The van der Waals surface area contributed by atoms with Gasteiger partial charge < -0.3 is 15.4 Å². The third kappa shape index (κ3) is 4.41. The number of methoxy groups -OCH3 is 1. The lowest BCUT2D eigenvalue weighted by Crippen LogP contribution is -2.25. The molecule has 2 aromatic carbocycles. The van der Waals surface area contributed by atoms with E-state index in [1.54, 1.807) is 13.2 Å². The average molecular weight is 338 g/mol. The first-order chi connectivity index (χ1) is 11.5. The van der Waals surface area contributed by atoms with Crippen molar-refractivity contribution in [1.82, 2.24) is 5.32 Å². The van der Waals surface area contributed by atoms with E-state index in [9.17, 15) is 18.0 Å². The van der Waals surface area contributed by atoms with Crippen LogP contribution in [-0.2, 0) is 11.3 Å². The summed E-state index contributed by atoms with van der Waals surface area (Å²) in [6.07, 6.45) is 0.0492. The topological polar surface area (TPSA) is 50.4 Å². The SMILES string of the molecule is COc1ccccc1CNC(=O)CCNc1ccc(F)c(F)c1F. The van der Waals surface area contributed by atoms with E-state index in [0.29, 0.717) is 12.3 Å². The molecular weight excluding hydrogens is 321 g/mol. The first-order valence-corrected chi connectivity index (χ1v) is 7.29. The van der Waals surface area contributed by atoms with Crippen LogP contribution < -0.4 is 15.4 Å². The number of benzene rings is 2. The van der Waals surface area contributed by atoms with Gasteiger partial charge in [-0.2, -0.15) is 0 Å². The molecule has 0 aromatic heterocycles. The minimum atomic E-state index is -1.54. The number of halogens is 3. The van der Waals surface area contributed by atoms with Gasteiger partial charge in [0.15, 0.2) is 17.5 Å². The van der Waals surface area contributed by atoms with Gasteiger partial charge in [0.1, 0.15) is 5.75 Å². The molecule has 128 valence electrons. The van der Waals surface area contributed by atoms with Gasteiger partial charge in [0, 0.05) is 25.1 Å². The molecule has 7 heteroatoms. The monoisotopic (exact) mass is 338 g/mol. The van der Waals surface area contributed by atoms with E-state index in [1.165, 1.54) is 0 Å². The van der Waals surface area contributed by atoms with Crippen molar-refractivity contribution in [1.29, 1.82) is 0 Å². The number of rotatable bonds is 7. The molecule has 24 heavy (non-hydrogen) atoms. The highest BCUT2D eigenvalue weighted by atomic mass is 19.2. The van der Waals surface area contributed by atoms with Crippen molar-refractivity contribution < 1.29 is 22.7 Å². The molecule has 0 radical (unpaired) electrons. The lowest BCUT2D eigenvalue weighted by molar-refractivity contribution is -0.121. The number of amides is 1. The molecule has 2 N–H and O–H groups in total. The Balaban J connectivity index is 1.81. The molecule has 0 aliphatic heterocycles. The quantitative estimate of drug-likeness (QED) is 0.762. The van der Waals surface area contributed by atoms with Crippen molar-refractivity contribution in [2.75, 3.05) is 19.0 Å². The lowest BCUT2D eigenvalue weighted by atomic mass is 10.2. The number of ether oxygens (including phenoxy) is 1. The Morgan fingerprint density at radius 2 is 1.83 bits per heavy atom. The zero-order valence-electron chi connectivity index (χ0n) is 13.0. The van der Waals surface area contributed by atoms with E-state index in [-0.39, 0.29) is 24.6 Å². The van der Waals surface area contributed by atoms with Crippen molar-refractivity contribution in [3.63, 3.8) is 0 Å². The second-order valence-electron chi connectivity index (χ2n) is 4.99. The maximum atomic E-state index is 13.4. The van der Waals surface area contributed by atoms with E-state index in [1.807, 2.05) is 18.2 Å². The first-order valence-electron chi connectivity index (χ1n) is 7.29. The summed E-state index contributed by atoms with van der Waals surface area (Å²) in [5, 5.41) is 5.27. The maximum absolute atomic E-state index is 13.4. The largest absolute Gasteiger partial charge is 0.496 e. The van der Waals surface area contributed by atoms with Crippen molar-refractivity contribution in [2.24, 2.45) is 0 Å². The molecule has 0 saturated heterocycles. The molecule has 0 saturated carbocycles. The van der Waals surface area contributed by atoms with Gasteiger partial charge in [-0.25, -0.2) is 13.2 Å². The van der Waals surface area contributed by atoms with Crippen molar-refractivity contribution in [3.8, 4) is 5.75 Å². The number of hydrogen-bond acceptors (Lipinski definition) is 3. The minimum absolute atomic E-state index is 0.0492. The Bertz CT molecular complexity index is 723. The highest BCUT2D eigenvalue weighted by Gasteiger charge is 2.13. The summed E-state index contributed by atoms with van der Waals surface area (Å²) in [4.78, 5) is 11.8. The molecule has 0 aliphatic rings. The number of para-hydroxylation sites is 1. The molecule has 4 nitrogen and oxygen atoms in total. The van der Waals surface area contributed by atoms with Gasteiger partial charge in [-0.15, -0.1) is 0 Å². The zero-order chi connectivity index (χ0) is 17.5. The van der Waals surface area contributed by atoms with E-state index in [0.717, 1.165) is 17.7 Å². The average Bonchev–Trinajstić information content (AvgIpc) is 2.60. The fourth-order valence-corrected chi connectivity index (χ4v) is 2.10. The van der Waals surface area contributed by atoms with Gasteiger partial charge >= 0.3 is 0 Å². The van der Waals surface area contributed by atoms with E-state index in [2.05, 4.69) is 10.6 Å². The molecule has 0 unspecified atom stereocenters. The predicted molar refractivity (Wildman–Crippen MR) is 84.3 cm³/mol. The zero-order valence-corrected chi connectivity index (χ0v) is 13.0. The molecule has 1 amide bonds. The van der Waals surface area contributed by atoms with Gasteiger partial charge in [-0.3, -0.25) is 4.79 Å². The Hall–Kier alpha value is -2.70. The molecule has 0 bridgehead atoms. The molecule has 0 heterocycles. The molecule has 2 rings (SSSR count). The summed E-state index contributed by atoms with van der Waals surface area (Å²) in [5.74, 6) is -3.70. The third-order valence-electron chi connectivity index (χ3n) is 3.37. The van der Waals surface area contributed by atoms with Crippen LogP contribution in [-0.4, -0.2) is 19.6 Å². The Labute approximate surface area is 137 Å². The van der Waals surface area contributed by atoms with Gasteiger partial charge in [0.25, 0.3) is 0 Å². The molecule has 0 spiro atoms. The van der Waals surface area contributed by atoms with Crippen LogP contribution in [0.5, 0.6) is 5.75 Å². The predicted octanol–water partition coefficient (Wildman–Crippen LogP) is 3.23. The number of hydrogen-bond donors (Lipinski definition) is 2. The summed E-state index contributed by atoms with van der Waals surface area (Å²) >= 11 is 0. The number of nitrogens with one attached hydrogen (secondary N) is 2. The first kappa shape index (κ1) is 17.7. The summed E-state index contributed by atoms with van der Waals surface area (Å²) < 4.78 is 44.5. The second-order valence-corrected chi connectivity index (χ2v) is 4.99. The summed E-state index contributed by atoms with van der Waals surface area (Å²) in [5.41, 5.74) is 0.638. The summed E-state index contributed by atoms with van der Waals surface area (Å²) in [7, 11) is 1.54. The van der Waals surface area contributed by atoms with Gasteiger partial charge in [-0.05, 0) is 18.2 Å². The van der Waals surface area contributed by atoms with Crippen LogP contribution in [0, 0.1) is 17.5 Å². The second kappa shape index (κ2) is 8.24. The molecule has 2 aromatic rings.